The normalized spacial score (nSPS) is 11.1. The third kappa shape index (κ3) is 5.18. The monoisotopic (exact) mass is 438 g/mol. The summed E-state index contributed by atoms with van der Waals surface area (Å²) in [6, 6.07) is 19.1. The van der Waals surface area contributed by atoms with Crippen molar-refractivity contribution in [1.29, 1.82) is 5.26 Å². The summed E-state index contributed by atoms with van der Waals surface area (Å²) < 4.78 is 5.79. The molecule has 3 rings (SSSR count). The smallest absolute Gasteiger partial charge is 0.269 e. The Bertz CT molecular complexity index is 1130. The molecule has 0 aliphatic rings. The maximum atomic E-state index is 10.8. The van der Waals surface area contributed by atoms with Gasteiger partial charge in [-0.2, -0.15) is 5.26 Å². The fraction of sp³-hybridized carbons (Fsp3) is 0.0870. The predicted octanol–water partition coefficient (Wildman–Crippen LogP) is 6.85. The van der Waals surface area contributed by atoms with Gasteiger partial charge in [0.05, 0.1) is 26.6 Å². The Hall–Kier alpha value is -3.33. The molecule has 0 saturated carbocycles. The maximum Gasteiger partial charge on any atom is 0.269 e. The molecule has 0 fully saturated rings. The van der Waals surface area contributed by atoms with Crippen LogP contribution in [-0.4, -0.2) is 4.92 Å². The van der Waals surface area contributed by atoms with E-state index in [1.165, 1.54) is 24.3 Å². The number of benzene rings is 3. The Kier molecular flexibility index (Phi) is 6.73. The topological polar surface area (TPSA) is 76.2 Å². The van der Waals surface area contributed by atoms with E-state index in [-0.39, 0.29) is 5.69 Å². The van der Waals surface area contributed by atoms with Crippen LogP contribution in [0.25, 0.3) is 11.6 Å². The third-order valence-corrected chi connectivity index (χ3v) is 4.91. The molecular formula is C23H16Cl2N2O3. The Balaban J connectivity index is 1.83. The lowest BCUT2D eigenvalue weighted by Gasteiger charge is -2.11. The highest BCUT2D eigenvalue weighted by atomic mass is 35.5. The molecule has 0 spiro atoms. The Labute approximate surface area is 183 Å². The average molecular weight is 439 g/mol. The maximum absolute atomic E-state index is 10.8. The number of nitro benzene ring substituents is 1. The molecule has 0 saturated heterocycles. The van der Waals surface area contributed by atoms with Crippen molar-refractivity contribution < 1.29 is 9.66 Å². The van der Waals surface area contributed by atoms with Gasteiger partial charge in [-0.05, 0) is 54.0 Å². The van der Waals surface area contributed by atoms with Crippen molar-refractivity contribution in [2.45, 2.75) is 13.5 Å². The van der Waals surface area contributed by atoms with Gasteiger partial charge in [0.15, 0.2) is 5.75 Å². The lowest BCUT2D eigenvalue weighted by molar-refractivity contribution is -0.384. The van der Waals surface area contributed by atoms with Crippen LogP contribution < -0.4 is 4.74 Å². The molecule has 3 aromatic rings. The molecule has 7 heteroatoms. The molecule has 0 heterocycles. The van der Waals surface area contributed by atoms with Crippen LogP contribution >= 0.6 is 23.2 Å². The van der Waals surface area contributed by atoms with Gasteiger partial charge in [-0.15, -0.1) is 0 Å². The quantitative estimate of drug-likeness (QED) is 0.182. The SMILES string of the molecule is Cc1ccc(COc2c(Cl)cc(/C=C(\C#N)c3ccc([N+](=O)[O-])cc3)cc2Cl)cc1. The first-order chi connectivity index (χ1) is 14.4. The largest absolute Gasteiger partial charge is 0.486 e. The van der Waals surface area contributed by atoms with Crippen molar-refractivity contribution in [1.82, 2.24) is 0 Å². The van der Waals surface area contributed by atoms with E-state index < -0.39 is 4.92 Å². The summed E-state index contributed by atoms with van der Waals surface area (Å²) in [4.78, 5) is 10.3. The number of hydrogen-bond acceptors (Lipinski definition) is 4. The van der Waals surface area contributed by atoms with Crippen molar-refractivity contribution in [3.63, 3.8) is 0 Å². The molecule has 0 bridgehead atoms. The Morgan fingerprint density at radius 3 is 2.23 bits per heavy atom. The summed E-state index contributed by atoms with van der Waals surface area (Å²) in [6.45, 7) is 2.33. The number of hydrogen-bond donors (Lipinski definition) is 0. The highest BCUT2D eigenvalue weighted by molar-refractivity contribution is 6.37. The first kappa shape index (κ1) is 21.4. The number of allylic oxidation sites excluding steroid dienone is 1. The van der Waals surface area contributed by atoms with Crippen LogP contribution in [0, 0.1) is 28.4 Å². The molecule has 3 aromatic carbocycles. The van der Waals surface area contributed by atoms with Crippen molar-refractivity contribution in [3.05, 3.63) is 103 Å². The van der Waals surface area contributed by atoms with Gasteiger partial charge in [0.25, 0.3) is 5.69 Å². The van der Waals surface area contributed by atoms with Crippen LogP contribution in [0.15, 0.2) is 60.7 Å². The highest BCUT2D eigenvalue weighted by Crippen LogP contribution is 2.36. The number of non-ortho nitro benzene ring substituents is 1. The first-order valence-electron chi connectivity index (χ1n) is 8.91. The summed E-state index contributed by atoms with van der Waals surface area (Å²) >= 11 is 12.7. The number of nitrogens with zero attached hydrogens (tertiary/aromatic N) is 2. The van der Waals surface area contributed by atoms with E-state index in [4.69, 9.17) is 27.9 Å². The fourth-order valence-electron chi connectivity index (χ4n) is 2.75. The number of nitro groups is 1. The van der Waals surface area contributed by atoms with Crippen molar-refractivity contribution in [3.8, 4) is 11.8 Å². The summed E-state index contributed by atoms with van der Waals surface area (Å²) in [7, 11) is 0. The lowest BCUT2D eigenvalue weighted by Crippen LogP contribution is -1.97. The molecule has 30 heavy (non-hydrogen) atoms. The molecule has 5 nitrogen and oxygen atoms in total. The molecular weight excluding hydrogens is 423 g/mol. The standard InChI is InChI=1S/C23H16Cl2N2O3/c1-15-2-4-16(5-3-15)14-30-23-21(24)11-17(12-22(23)25)10-19(13-26)18-6-8-20(9-7-18)27(28)29/h2-12H,14H2,1H3/b19-10+. The van der Waals surface area contributed by atoms with Gasteiger partial charge in [-0.1, -0.05) is 53.0 Å². The van der Waals surface area contributed by atoms with Crippen molar-refractivity contribution in [2.75, 3.05) is 0 Å². The van der Waals surface area contributed by atoms with E-state index >= 15 is 0 Å². The van der Waals surface area contributed by atoms with E-state index in [9.17, 15) is 15.4 Å². The summed E-state index contributed by atoms with van der Waals surface area (Å²) in [6.07, 6.45) is 1.61. The zero-order valence-electron chi connectivity index (χ0n) is 15.9. The number of ether oxygens (including phenoxy) is 1. The van der Waals surface area contributed by atoms with Gasteiger partial charge in [0.2, 0.25) is 0 Å². The second-order valence-corrected chi connectivity index (χ2v) is 7.38. The van der Waals surface area contributed by atoms with Crippen LogP contribution in [0.4, 0.5) is 5.69 Å². The van der Waals surface area contributed by atoms with E-state index in [1.807, 2.05) is 31.2 Å². The number of halogens is 2. The molecule has 0 aliphatic heterocycles. The van der Waals surface area contributed by atoms with Gasteiger partial charge in [0, 0.05) is 12.1 Å². The molecule has 0 N–H and O–H groups in total. The fourth-order valence-corrected chi connectivity index (χ4v) is 3.36. The van der Waals surface area contributed by atoms with Gasteiger partial charge in [-0.25, -0.2) is 0 Å². The second kappa shape index (κ2) is 9.45. The molecule has 0 atom stereocenters. The van der Waals surface area contributed by atoms with Gasteiger partial charge >= 0.3 is 0 Å². The average Bonchev–Trinajstić information content (AvgIpc) is 2.73. The van der Waals surface area contributed by atoms with Crippen molar-refractivity contribution >= 4 is 40.5 Å². The van der Waals surface area contributed by atoms with Gasteiger partial charge < -0.3 is 4.74 Å². The number of aryl methyl sites for hydroxylation is 1. The Morgan fingerprint density at radius 1 is 1.10 bits per heavy atom. The minimum Gasteiger partial charge on any atom is -0.486 e. The molecule has 0 unspecified atom stereocenters. The third-order valence-electron chi connectivity index (χ3n) is 4.34. The van der Waals surface area contributed by atoms with E-state index in [0.29, 0.717) is 39.1 Å². The second-order valence-electron chi connectivity index (χ2n) is 6.56. The van der Waals surface area contributed by atoms with E-state index in [1.54, 1.807) is 18.2 Å². The van der Waals surface area contributed by atoms with Crippen LogP contribution in [-0.2, 0) is 6.61 Å². The number of nitriles is 1. The summed E-state index contributed by atoms with van der Waals surface area (Å²) in [5, 5.41) is 20.9. The minimum absolute atomic E-state index is 0.0443. The van der Waals surface area contributed by atoms with Crippen LogP contribution in [0.3, 0.4) is 0 Å². The lowest BCUT2D eigenvalue weighted by atomic mass is 10.0. The van der Waals surface area contributed by atoms with E-state index in [2.05, 4.69) is 6.07 Å². The molecule has 0 amide bonds. The zero-order valence-corrected chi connectivity index (χ0v) is 17.4. The van der Waals surface area contributed by atoms with Crippen LogP contribution in [0.2, 0.25) is 10.0 Å². The minimum atomic E-state index is -0.492. The Morgan fingerprint density at radius 2 is 1.70 bits per heavy atom. The molecule has 0 aromatic heterocycles. The molecule has 150 valence electrons. The van der Waals surface area contributed by atoms with Crippen LogP contribution in [0.1, 0.15) is 22.3 Å². The predicted molar refractivity (Wildman–Crippen MR) is 119 cm³/mol. The van der Waals surface area contributed by atoms with Crippen LogP contribution in [0.5, 0.6) is 5.75 Å². The van der Waals surface area contributed by atoms with E-state index in [0.717, 1.165) is 11.1 Å². The number of rotatable bonds is 6. The van der Waals surface area contributed by atoms with Gasteiger partial charge in [-0.3, -0.25) is 10.1 Å². The molecule has 0 aliphatic carbocycles. The van der Waals surface area contributed by atoms with Gasteiger partial charge in [0.1, 0.15) is 6.61 Å². The van der Waals surface area contributed by atoms with Crippen molar-refractivity contribution in [2.24, 2.45) is 0 Å². The zero-order chi connectivity index (χ0) is 21.7. The molecule has 0 radical (unpaired) electrons. The summed E-state index contributed by atoms with van der Waals surface area (Å²) in [5.41, 5.74) is 3.59. The highest BCUT2D eigenvalue weighted by Gasteiger charge is 2.11. The first-order valence-corrected chi connectivity index (χ1v) is 9.67. The summed E-state index contributed by atoms with van der Waals surface area (Å²) in [5.74, 6) is 0.366.